The maximum Gasteiger partial charge on any atom is 0.367 e. The van der Waals surface area contributed by atoms with Crippen molar-refractivity contribution in [2.75, 3.05) is 0 Å². The Kier molecular flexibility index (Phi) is 4.36. The van der Waals surface area contributed by atoms with E-state index in [0.717, 1.165) is 40.2 Å². The Balaban J connectivity index is 1.70. The lowest BCUT2D eigenvalue weighted by molar-refractivity contribution is 0.256. The number of fused-ring (bicyclic) bond motifs is 1. The van der Waals surface area contributed by atoms with Crippen LogP contribution in [-0.4, -0.2) is 16.8 Å². The number of aliphatic imine (C=N–C) groups is 2. The molecule has 1 aliphatic heterocycles. The van der Waals surface area contributed by atoms with E-state index in [1.54, 1.807) is 11.8 Å². The molecule has 0 N–H and O–H groups in total. The Hall–Kier alpha value is -0.940. The summed E-state index contributed by atoms with van der Waals surface area (Å²) in [5.74, 6) is 1.14. The zero-order chi connectivity index (χ0) is 13.9. The first kappa shape index (κ1) is 14.0. The maximum absolute atomic E-state index is 11.6. The molecule has 1 atom stereocenters. The second-order valence-corrected chi connectivity index (χ2v) is 6.96. The van der Waals surface area contributed by atoms with Crippen molar-refractivity contribution < 1.29 is 4.79 Å². The van der Waals surface area contributed by atoms with Crippen molar-refractivity contribution in [2.45, 2.75) is 31.4 Å². The molecule has 1 aromatic rings. The van der Waals surface area contributed by atoms with Crippen molar-refractivity contribution in [3.05, 3.63) is 34.3 Å². The number of rotatable bonds is 2. The minimum absolute atomic E-state index is 0.293. The van der Waals surface area contributed by atoms with E-state index >= 15 is 0 Å². The highest BCUT2D eigenvalue weighted by atomic mass is 79.9. The van der Waals surface area contributed by atoms with Crippen molar-refractivity contribution in [3.8, 4) is 0 Å². The molecule has 20 heavy (non-hydrogen) atoms. The summed E-state index contributed by atoms with van der Waals surface area (Å²) in [6.45, 7) is 0. The predicted octanol–water partition coefficient (Wildman–Crippen LogP) is 4.85. The van der Waals surface area contributed by atoms with Gasteiger partial charge in [-0.25, -0.2) is 9.79 Å². The number of urea groups is 1. The van der Waals surface area contributed by atoms with E-state index in [2.05, 4.69) is 38.0 Å². The molecule has 104 valence electrons. The van der Waals surface area contributed by atoms with Crippen LogP contribution in [0.1, 0.15) is 31.2 Å². The molecule has 0 aromatic heterocycles. The summed E-state index contributed by atoms with van der Waals surface area (Å²) in [4.78, 5) is 19.8. The average Bonchev–Trinajstić information content (AvgIpc) is 2.46. The molecule has 2 aliphatic rings. The molecule has 1 fully saturated rings. The van der Waals surface area contributed by atoms with Gasteiger partial charge in [-0.2, -0.15) is 4.99 Å². The van der Waals surface area contributed by atoms with Gasteiger partial charge in [-0.05, 0) is 37.0 Å². The van der Waals surface area contributed by atoms with E-state index in [9.17, 15) is 4.79 Å². The van der Waals surface area contributed by atoms with Gasteiger partial charge in [0, 0.05) is 21.9 Å². The summed E-state index contributed by atoms with van der Waals surface area (Å²) in [5.41, 5.74) is 2.29. The van der Waals surface area contributed by atoms with Gasteiger partial charge in [-0.15, -0.1) is 11.8 Å². The van der Waals surface area contributed by atoms with Crippen molar-refractivity contribution in [1.82, 2.24) is 0 Å². The predicted molar refractivity (Wildman–Crippen MR) is 87.7 cm³/mol. The first-order valence-corrected chi connectivity index (χ1v) is 8.57. The third kappa shape index (κ3) is 3.20. The highest BCUT2D eigenvalue weighted by molar-refractivity contribution is 9.10. The molecule has 0 spiro atoms. The van der Waals surface area contributed by atoms with Crippen LogP contribution in [0.3, 0.4) is 0 Å². The summed E-state index contributed by atoms with van der Waals surface area (Å²) < 4.78 is 1.08. The molecule has 0 radical (unpaired) electrons. The van der Waals surface area contributed by atoms with Gasteiger partial charge in [-0.1, -0.05) is 34.5 Å². The number of benzene rings is 1. The zero-order valence-corrected chi connectivity index (χ0v) is 13.4. The largest absolute Gasteiger partial charge is 0.367 e. The molecule has 1 heterocycles. The molecule has 1 aliphatic carbocycles. The van der Waals surface area contributed by atoms with Gasteiger partial charge in [-0.3, -0.25) is 0 Å². The first-order valence-electron chi connectivity index (χ1n) is 6.79. The van der Waals surface area contributed by atoms with Crippen molar-refractivity contribution in [3.63, 3.8) is 0 Å². The van der Waals surface area contributed by atoms with Gasteiger partial charge in [0.25, 0.3) is 0 Å². The summed E-state index contributed by atoms with van der Waals surface area (Å²) in [6.07, 6.45) is 4.38. The lowest BCUT2D eigenvalue weighted by Crippen LogP contribution is -2.30. The molecule has 1 aromatic carbocycles. The van der Waals surface area contributed by atoms with E-state index in [1.807, 2.05) is 12.1 Å². The summed E-state index contributed by atoms with van der Waals surface area (Å²) in [5, 5.41) is 0.961. The molecule has 3 nitrogen and oxygen atoms in total. The first-order chi connectivity index (χ1) is 9.72. The SMILES string of the molecule is O=C1N=C2CCCCC2C(SCc2ccc(Br)cc2)=N1. The Labute approximate surface area is 131 Å². The Morgan fingerprint density at radius 2 is 2.00 bits per heavy atom. The van der Waals surface area contributed by atoms with Crippen LogP contribution in [0.25, 0.3) is 0 Å². The van der Waals surface area contributed by atoms with Crippen LogP contribution >= 0.6 is 27.7 Å². The number of halogens is 1. The lowest BCUT2D eigenvalue weighted by Gasteiger charge is -2.27. The zero-order valence-electron chi connectivity index (χ0n) is 11.0. The number of nitrogens with zero attached hydrogens (tertiary/aromatic N) is 2. The molecule has 1 saturated carbocycles. The number of carbonyl (C=O) groups is 1. The van der Waals surface area contributed by atoms with E-state index in [4.69, 9.17) is 0 Å². The van der Waals surface area contributed by atoms with Crippen molar-refractivity contribution >= 4 is 44.5 Å². The standard InChI is InChI=1S/C15H15BrN2OS/c16-11-7-5-10(6-8-11)9-20-14-12-3-1-2-4-13(12)17-15(19)18-14/h5-8,12H,1-4,9H2. The average molecular weight is 351 g/mol. The van der Waals surface area contributed by atoms with E-state index < -0.39 is 0 Å². The monoisotopic (exact) mass is 350 g/mol. The molecule has 0 bridgehead atoms. The topological polar surface area (TPSA) is 41.8 Å². The van der Waals surface area contributed by atoms with E-state index in [-0.39, 0.29) is 6.03 Å². The fourth-order valence-electron chi connectivity index (χ4n) is 2.59. The van der Waals surface area contributed by atoms with Crippen LogP contribution in [0.4, 0.5) is 4.79 Å². The second kappa shape index (κ2) is 6.22. The van der Waals surface area contributed by atoms with Gasteiger partial charge in [0.15, 0.2) is 0 Å². The molecule has 3 rings (SSSR count). The van der Waals surface area contributed by atoms with Gasteiger partial charge in [0.2, 0.25) is 0 Å². The van der Waals surface area contributed by atoms with Crippen LogP contribution in [0, 0.1) is 5.92 Å². The third-order valence-corrected chi connectivity index (χ3v) is 5.30. The number of amides is 2. The van der Waals surface area contributed by atoms with Crippen molar-refractivity contribution in [2.24, 2.45) is 15.9 Å². The van der Waals surface area contributed by atoms with Gasteiger partial charge >= 0.3 is 6.03 Å². The summed E-state index contributed by atoms with van der Waals surface area (Å²) in [7, 11) is 0. The van der Waals surface area contributed by atoms with Crippen LogP contribution < -0.4 is 0 Å². The maximum atomic E-state index is 11.6. The highest BCUT2D eigenvalue weighted by Crippen LogP contribution is 2.31. The van der Waals surface area contributed by atoms with Gasteiger partial charge < -0.3 is 0 Å². The Bertz CT molecular complexity index is 580. The number of carbonyl (C=O) groups excluding carboxylic acids is 1. The Morgan fingerprint density at radius 1 is 1.20 bits per heavy atom. The fourth-order valence-corrected chi connectivity index (χ4v) is 3.96. The lowest BCUT2D eigenvalue weighted by atomic mass is 9.87. The second-order valence-electron chi connectivity index (χ2n) is 5.05. The molecule has 2 amide bonds. The van der Waals surface area contributed by atoms with Crippen LogP contribution in [0.5, 0.6) is 0 Å². The Morgan fingerprint density at radius 3 is 2.80 bits per heavy atom. The van der Waals surface area contributed by atoms with Crippen molar-refractivity contribution in [1.29, 1.82) is 0 Å². The molecule has 5 heteroatoms. The fraction of sp³-hybridized carbons (Fsp3) is 0.400. The van der Waals surface area contributed by atoms with E-state index in [0.29, 0.717) is 5.92 Å². The molecule has 0 saturated heterocycles. The molecule has 1 unspecified atom stereocenters. The van der Waals surface area contributed by atoms with Gasteiger partial charge in [0.1, 0.15) is 0 Å². The summed E-state index contributed by atoms with van der Waals surface area (Å²) >= 11 is 5.11. The molecular weight excluding hydrogens is 336 g/mol. The third-order valence-electron chi connectivity index (χ3n) is 3.62. The minimum atomic E-state index is -0.323. The normalized spacial score (nSPS) is 22.1. The smallest absolute Gasteiger partial charge is 0.244 e. The summed E-state index contributed by atoms with van der Waals surface area (Å²) in [6, 6.07) is 7.95. The minimum Gasteiger partial charge on any atom is -0.244 e. The van der Waals surface area contributed by atoms with Crippen LogP contribution in [0.15, 0.2) is 38.7 Å². The van der Waals surface area contributed by atoms with Crippen LogP contribution in [-0.2, 0) is 5.75 Å². The molecular formula is C15H15BrN2OS. The number of thioether (sulfide) groups is 1. The quantitative estimate of drug-likeness (QED) is 0.765. The number of hydrogen-bond acceptors (Lipinski definition) is 2. The number of hydrogen-bond donors (Lipinski definition) is 0. The van der Waals surface area contributed by atoms with E-state index in [1.165, 1.54) is 12.0 Å². The highest BCUT2D eigenvalue weighted by Gasteiger charge is 2.30. The van der Waals surface area contributed by atoms with Gasteiger partial charge in [0.05, 0.1) is 5.04 Å². The van der Waals surface area contributed by atoms with Crippen LogP contribution in [0.2, 0.25) is 0 Å².